The van der Waals surface area contributed by atoms with E-state index in [4.69, 9.17) is 19.9 Å². The van der Waals surface area contributed by atoms with E-state index in [2.05, 4.69) is 0 Å². The van der Waals surface area contributed by atoms with E-state index in [9.17, 15) is 15.2 Å². The van der Waals surface area contributed by atoms with E-state index in [0.717, 1.165) is 6.42 Å². The minimum atomic E-state index is -0.760. The van der Waals surface area contributed by atoms with Gasteiger partial charge in [0.05, 0.1) is 25.2 Å². The fourth-order valence-corrected chi connectivity index (χ4v) is 2.87. The standard InChI is InChI=1S/C19H22N2O5/c1-4-6-14-17(19(23)25-5-2)16(12(10-20)18(21)26-14)11-7-8-13(22)15(9-11)24-3/h7-9,16,22H,4-6,21H2,1-3H3/t16-/m1/s1. The average Bonchev–Trinajstić information content (AvgIpc) is 2.62. The maximum absolute atomic E-state index is 12.6. The van der Waals surface area contributed by atoms with Gasteiger partial charge in [-0.15, -0.1) is 0 Å². The monoisotopic (exact) mass is 358 g/mol. The first kappa shape index (κ1) is 19.2. The van der Waals surface area contributed by atoms with E-state index in [1.54, 1.807) is 19.1 Å². The minimum absolute atomic E-state index is 0.0407. The fourth-order valence-electron chi connectivity index (χ4n) is 2.87. The number of allylic oxidation sites excluding steroid dienone is 2. The van der Waals surface area contributed by atoms with Gasteiger partial charge in [0.15, 0.2) is 11.5 Å². The summed E-state index contributed by atoms with van der Waals surface area (Å²) in [5.41, 5.74) is 6.87. The Morgan fingerprint density at radius 3 is 2.73 bits per heavy atom. The van der Waals surface area contributed by atoms with Crippen molar-refractivity contribution in [3.05, 3.63) is 46.6 Å². The Kier molecular flexibility index (Phi) is 6.12. The Balaban J connectivity index is 2.69. The molecule has 2 rings (SSSR count). The van der Waals surface area contributed by atoms with Gasteiger partial charge in [-0.05, 0) is 31.0 Å². The molecule has 26 heavy (non-hydrogen) atoms. The second-order valence-corrected chi connectivity index (χ2v) is 5.66. The van der Waals surface area contributed by atoms with Crippen LogP contribution in [0.4, 0.5) is 0 Å². The van der Waals surface area contributed by atoms with Crippen molar-refractivity contribution < 1.29 is 24.1 Å². The van der Waals surface area contributed by atoms with Crippen LogP contribution in [0, 0.1) is 11.3 Å². The molecular weight excluding hydrogens is 336 g/mol. The third-order valence-corrected chi connectivity index (χ3v) is 4.01. The van der Waals surface area contributed by atoms with Crippen LogP contribution < -0.4 is 10.5 Å². The van der Waals surface area contributed by atoms with Crippen LogP contribution >= 0.6 is 0 Å². The zero-order chi connectivity index (χ0) is 19.3. The SMILES string of the molecule is CCCC1=C(C(=O)OCC)[C@H](c2ccc(O)c(OC)c2)C(C#N)=C(N)O1. The van der Waals surface area contributed by atoms with Crippen molar-refractivity contribution in [1.29, 1.82) is 5.26 Å². The first-order valence-corrected chi connectivity index (χ1v) is 8.33. The molecule has 1 heterocycles. The van der Waals surface area contributed by atoms with Gasteiger partial charge in [-0.25, -0.2) is 4.79 Å². The van der Waals surface area contributed by atoms with E-state index in [-0.39, 0.29) is 35.1 Å². The van der Waals surface area contributed by atoms with Crippen LogP contribution in [0.1, 0.15) is 38.2 Å². The van der Waals surface area contributed by atoms with Crippen LogP contribution in [-0.4, -0.2) is 24.8 Å². The van der Waals surface area contributed by atoms with Crippen molar-refractivity contribution in [2.45, 2.75) is 32.6 Å². The Bertz CT molecular complexity index is 805. The van der Waals surface area contributed by atoms with Crippen LogP contribution in [0.3, 0.4) is 0 Å². The number of phenols is 1. The molecule has 0 spiro atoms. The van der Waals surface area contributed by atoms with Crippen molar-refractivity contribution in [3.8, 4) is 17.6 Å². The maximum atomic E-state index is 12.6. The fraction of sp³-hybridized carbons (Fsp3) is 0.368. The van der Waals surface area contributed by atoms with Gasteiger partial charge in [-0.2, -0.15) is 5.26 Å². The number of hydrogen-bond acceptors (Lipinski definition) is 7. The maximum Gasteiger partial charge on any atom is 0.338 e. The lowest BCUT2D eigenvalue weighted by molar-refractivity contribution is -0.139. The second-order valence-electron chi connectivity index (χ2n) is 5.66. The molecule has 0 aromatic heterocycles. The van der Waals surface area contributed by atoms with Gasteiger partial charge in [0.1, 0.15) is 17.4 Å². The molecule has 1 aromatic carbocycles. The molecule has 1 aliphatic rings. The Morgan fingerprint density at radius 1 is 1.42 bits per heavy atom. The number of aromatic hydroxyl groups is 1. The number of esters is 1. The first-order chi connectivity index (χ1) is 12.5. The van der Waals surface area contributed by atoms with Gasteiger partial charge in [0, 0.05) is 6.42 Å². The lowest BCUT2D eigenvalue weighted by Gasteiger charge is -2.28. The average molecular weight is 358 g/mol. The quantitative estimate of drug-likeness (QED) is 0.751. The molecule has 0 radical (unpaired) electrons. The van der Waals surface area contributed by atoms with Gasteiger partial charge in [-0.1, -0.05) is 13.0 Å². The summed E-state index contributed by atoms with van der Waals surface area (Å²) in [6, 6.07) is 6.65. The van der Waals surface area contributed by atoms with Crippen molar-refractivity contribution in [2.75, 3.05) is 13.7 Å². The molecule has 0 aliphatic carbocycles. The van der Waals surface area contributed by atoms with E-state index in [0.29, 0.717) is 17.7 Å². The summed E-state index contributed by atoms with van der Waals surface area (Å²) in [4.78, 5) is 12.6. The third kappa shape index (κ3) is 3.59. The highest BCUT2D eigenvalue weighted by atomic mass is 16.5. The number of nitriles is 1. The van der Waals surface area contributed by atoms with Crippen molar-refractivity contribution in [1.82, 2.24) is 0 Å². The van der Waals surface area contributed by atoms with Gasteiger partial charge >= 0.3 is 5.97 Å². The number of carbonyl (C=O) groups excluding carboxylic acids is 1. The summed E-state index contributed by atoms with van der Waals surface area (Å²) >= 11 is 0. The van der Waals surface area contributed by atoms with E-state index < -0.39 is 11.9 Å². The lowest BCUT2D eigenvalue weighted by atomic mass is 9.82. The number of ether oxygens (including phenoxy) is 3. The number of nitrogens with zero attached hydrogens (tertiary/aromatic N) is 1. The summed E-state index contributed by atoms with van der Waals surface area (Å²) in [5, 5.41) is 19.4. The lowest BCUT2D eigenvalue weighted by Crippen LogP contribution is -2.26. The molecule has 1 aliphatic heterocycles. The molecule has 0 amide bonds. The molecule has 1 aromatic rings. The smallest absolute Gasteiger partial charge is 0.338 e. The first-order valence-electron chi connectivity index (χ1n) is 8.33. The Labute approximate surface area is 152 Å². The minimum Gasteiger partial charge on any atom is -0.504 e. The number of benzene rings is 1. The predicted molar refractivity (Wildman–Crippen MR) is 93.9 cm³/mol. The highest BCUT2D eigenvalue weighted by Gasteiger charge is 2.37. The van der Waals surface area contributed by atoms with Crippen molar-refractivity contribution in [2.24, 2.45) is 5.73 Å². The van der Waals surface area contributed by atoms with Crippen LogP contribution in [0.5, 0.6) is 11.5 Å². The van der Waals surface area contributed by atoms with Crippen LogP contribution in [0.2, 0.25) is 0 Å². The zero-order valence-electron chi connectivity index (χ0n) is 15.0. The third-order valence-electron chi connectivity index (χ3n) is 4.01. The molecule has 138 valence electrons. The van der Waals surface area contributed by atoms with E-state index >= 15 is 0 Å². The van der Waals surface area contributed by atoms with Crippen molar-refractivity contribution in [3.63, 3.8) is 0 Å². The summed E-state index contributed by atoms with van der Waals surface area (Å²) in [5.74, 6) is -0.794. The zero-order valence-corrected chi connectivity index (χ0v) is 15.0. The summed E-state index contributed by atoms with van der Waals surface area (Å²) in [6.07, 6.45) is 1.19. The second kappa shape index (κ2) is 8.30. The molecule has 0 saturated carbocycles. The van der Waals surface area contributed by atoms with Crippen LogP contribution in [-0.2, 0) is 14.3 Å². The summed E-state index contributed by atoms with van der Waals surface area (Å²) < 4.78 is 15.9. The highest BCUT2D eigenvalue weighted by molar-refractivity contribution is 5.92. The Hall–Kier alpha value is -3.14. The molecule has 0 fully saturated rings. The van der Waals surface area contributed by atoms with Crippen molar-refractivity contribution >= 4 is 5.97 Å². The van der Waals surface area contributed by atoms with Gasteiger partial charge in [0.2, 0.25) is 5.88 Å². The molecule has 3 N–H and O–H groups in total. The molecule has 7 heteroatoms. The topological polar surface area (TPSA) is 115 Å². The number of carbonyl (C=O) groups is 1. The number of phenolic OH excluding ortho intramolecular Hbond substituents is 1. The predicted octanol–water partition coefficient (Wildman–Crippen LogP) is 2.83. The number of rotatable bonds is 6. The number of nitrogens with two attached hydrogens (primary N) is 1. The molecular formula is C19H22N2O5. The summed E-state index contributed by atoms with van der Waals surface area (Å²) in [6.45, 7) is 3.83. The normalized spacial score (nSPS) is 16.8. The molecule has 1 atom stereocenters. The number of methoxy groups -OCH3 is 1. The highest BCUT2D eigenvalue weighted by Crippen LogP contribution is 2.42. The van der Waals surface area contributed by atoms with Gasteiger partial charge in [-0.3, -0.25) is 0 Å². The molecule has 7 nitrogen and oxygen atoms in total. The van der Waals surface area contributed by atoms with Crippen LogP contribution in [0.25, 0.3) is 0 Å². The Morgan fingerprint density at radius 2 is 2.15 bits per heavy atom. The van der Waals surface area contributed by atoms with Gasteiger partial charge < -0.3 is 25.1 Å². The van der Waals surface area contributed by atoms with Gasteiger partial charge in [0.25, 0.3) is 0 Å². The summed E-state index contributed by atoms with van der Waals surface area (Å²) in [7, 11) is 1.42. The van der Waals surface area contributed by atoms with Crippen LogP contribution in [0.15, 0.2) is 41.0 Å². The molecule has 0 bridgehead atoms. The molecule has 0 saturated heterocycles. The molecule has 0 unspecified atom stereocenters. The number of hydrogen-bond donors (Lipinski definition) is 2. The van der Waals surface area contributed by atoms with E-state index in [1.807, 2.05) is 13.0 Å². The largest absolute Gasteiger partial charge is 0.504 e. The van der Waals surface area contributed by atoms with E-state index in [1.165, 1.54) is 13.2 Å².